The van der Waals surface area contributed by atoms with Crippen molar-refractivity contribution >= 4 is 27.6 Å². The zero-order valence-corrected chi connectivity index (χ0v) is 19.5. The van der Waals surface area contributed by atoms with Crippen LogP contribution in [0.3, 0.4) is 0 Å². The molecule has 0 aliphatic rings. The van der Waals surface area contributed by atoms with Gasteiger partial charge in [0.25, 0.3) is 0 Å². The fourth-order valence-electron chi connectivity index (χ4n) is 4.48. The predicted octanol–water partition coefficient (Wildman–Crippen LogP) is 3.98. The monoisotopic (exact) mass is 441 g/mol. The molecule has 4 aromatic heterocycles. The molecule has 0 atom stereocenters. The van der Waals surface area contributed by atoms with Gasteiger partial charge in [0.2, 0.25) is 0 Å². The van der Waals surface area contributed by atoms with Gasteiger partial charge in [0, 0.05) is 44.0 Å². The molecule has 0 bridgehead atoms. The lowest BCUT2D eigenvalue weighted by Crippen LogP contribution is -2.21. The topological polar surface area (TPSA) is 82.6 Å². The molecule has 4 heterocycles. The van der Waals surface area contributed by atoms with Gasteiger partial charge in [0.1, 0.15) is 0 Å². The SMILES string of the molecule is CCNc1cc(-c2ccc3ncc4c(c3c2)n(-c2cn(C)nc2C)c(=O)n4C)cnc1CC. The molecule has 168 valence electrons. The largest absolute Gasteiger partial charge is 0.384 e. The number of benzene rings is 1. The molecule has 8 heteroatoms. The number of anilines is 1. The summed E-state index contributed by atoms with van der Waals surface area (Å²) in [6, 6.07) is 8.31. The molecular weight excluding hydrogens is 414 g/mol. The number of imidazole rings is 1. The van der Waals surface area contributed by atoms with Crippen LogP contribution in [0.1, 0.15) is 25.2 Å². The molecule has 0 spiro atoms. The first kappa shape index (κ1) is 20.9. The van der Waals surface area contributed by atoms with E-state index in [0.29, 0.717) is 0 Å². The van der Waals surface area contributed by atoms with Crippen molar-refractivity contribution in [1.82, 2.24) is 28.9 Å². The summed E-state index contributed by atoms with van der Waals surface area (Å²) in [4.78, 5) is 22.6. The van der Waals surface area contributed by atoms with Gasteiger partial charge >= 0.3 is 5.69 Å². The Balaban J connectivity index is 1.80. The lowest BCUT2D eigenvalue weighted by atomic mass is 10.0. The number of hydrogen-bond donors (Lipinski definition) is 1. The van der Waals surface area contributed by atoms with Crippen LogP contribution in [-0.4, -0.2) is 35.4 Å². The van der Waals surface area contributed by atoms with E-state index >= 15 is 0 Å². The van der Waals surface area contributed by atoms with Crippen LogP contribution < -0.4 is 11.0 Å². The number of pyridine rings is 2. The molecular formula is C25H27N7O. The minimum absolute atomic E-state index is 0.121. The van der Waals surface area contributed by atoms with Crippen molar-refractivity contribution in [1.29, 1.82) is 0 Å². The van der Waals surface area contributed by atoms with Crippen molar-refractivity contribution in [2.45, 2.75) is 27.2 Å². The van der Waals surface area contributed by atoms with Crippen molar-refractivity contribution in [2.24, 2.45) is 14.1 Å². The summed E-state index contributed by atoms with van der Waals surface area (Å²) in [6.45, 7) is 6.94. The fourth-order valence-corrected chi connectivity index (χ4v) is 4.48. The highest BCUT2D eigenvalue weighted by molar-refractivity contribution is 6.04. The second-order valence-corrected chi connectivity index (χ2v) is 8.28. The number of nitrogens with one attached hydrogen (secondary N) is 1. The van der Waals surface area contributed by atoms with Gasteiger partial charge in [-0.15, -0.1) is 0 Å². The molecule has 5 aromatic rings. The highest BCUT2D eigenvalue weighted by Gasteiger charge is 2.19. The molecule has 0 radical (unpaired) electrons. The number of hydrogen-bond acceptors (Lipinski definition) is 5. The highest BCUT2D eigenvalue weighted by Crippen LogP contribution is 2.31. The van der Waals surface area contributed by atoms with E-state index in [4.69, 9.17) is 0 Å². The maximum atomic E-state index is 13.3. The predicted molar refractivity (Wildman–Crippen MR) is 132 cm³/mol. The first-order valence-corrected chi connectivity index (χ1v) is 11.2. The quantitative estimate of drug-likeness (QED) is 0.446. The van der Waals surface area contributed by atoms with Crippen LogP contribution in [0.4, 0.5) is 5.69 Å². The second-order valence-electron chi connectivity index (χ2n) is 8.28. The van der Waals surface area contributed by atoms with Crippen molar-refractivity contribution in [3.63, 3.8) is 0 Å². The van der Waals surface area contributed by atoms with Crippen LogP contribution in [0.2, 0.25) is 0 Å². The van der Waals surface area contributed by atoms with E-state index in [1.807, 2.05) is 32.4 Å². The first-order chi connectivity index (χ1) is 15.9. The normalized spacial score (nSPS) is 11.5. The van der Waals surface area contributed by atoms with Crippen LogP contribution in [0.15, 0.2) is 47.7 Å². The maximum Gasteiger partial charge on any atom is 0.333 e. The molecule has 0 saturated carbocycles. The molecule has 0 aliphatic heterocycles. The fraction of sp³-hybridized carbons (Fsp3) is 0.280. The van der Waals surface area contributed by atoms with E-state index in [9.17, 15) is 4.79 Å². The zero-order valence-electron chi connectivity index (χ0n) is 19.5. The Morgan fingerprint density at radius 1 is 1.03 bits per heavy atom. The van der Waals surface area contributed by atoms with Crippen LogP contribution in [0.25, 0.3) is 38.8 Å². The van der Waals surface area contributed by atoms with Crippen LogP contribution in [0.5, 0.6) is 0 Å². The molecule has 0 saturated heterocycles. The van der Waals surface area contributed by atoms with Crippen molar-refractivity contribution in [3.8, 4) is 16.8 Å². The van der Waals surface area contributed by atoms with E-state index in [2.05, 4.69) is 52.4 Å². The summed E-state index contributed by atoms with van der Waals surface area (Å²) in [7, 11) is 3.64. The van der Waals surface area contributed by atoms with Gasteiger partial charge in [0.05, 0.1) is 45.5 Å². The highest BCUT2D eigenvalue weighted by atomic mass is 16.1. The molecule has 1 aromatic carbocycles. The average Bonchev–Trinajstić information content (AvgIpc) is 3.28. The minimum atomic E-state index is -0.121. The third-order valence-electron chi connectivity index (χ3n) is 6.12. The zero-order chi connectivity index (χ0) is 23.3. The molecule has 1 N–H and O–H groups in total. The Morgan fingerprint density at radius 3 is 2.55 bits per heavy atom. The Labute approximate surface area is 191 Å². The van der Waals surface area contributed by atoms with Gasteiger partial charge < -0.3 is 5.32 Å². The van der Waals surface area contributed by atoms with Gasteiger partial charge in [-0.2, -0.15) is 5.10 Å². The number of rotatable bonds is 5. The minimum Gasteiger partial charge on any atom is -0.384 e. The van der Waals surface area contributed by atoms with Crippen LogP contribution >= 0.6 is 0 Å². The van der Waals surface area contributed by atoms with Gasteiger partial charge in [-0.3, -0.25) is 23.8 Å². The average molecular weight is 442 g/mol. The van der Waals surface area contributed by atoms with Crippen LogP contribution in [0, 0.1) is 6.92 Å². The lowest BCUT2D eigenvalue weighted by Gasteiger charge is -2.12. The van der Waals surface area contributed by atoms with Crippen molar-refractivity contribution < 1.29 is 0 Å². The molecule has 0 fully saturated rings. The molecule has 5 rings (SSSR count). The molecule has 0 unspecified atom stereocenters. The molecule has 8 nitrogen and oxygen atoms in total. The van der Waals surface area contributed by atoms with Crippen molar-refractivity contribution in [2.75, 3.05) is 11.9 Å². The van der Waals surface area contributed by atoms with E-state index in [1.54, 1.807) is 27.1 Å². The van der Waals surface area contributed by atoms with Crippen LogP contribution in [-0.2, 0) is 20.5 Å². The van der Waals surface area contributed by atoms with Gasteiger partial charge in [-0.25, -0.2) is 4.79 Å². The van der Waals surface area contributed by atoms with E-state index in [0.717, 1.165) is 68.8 Å². The molecule has 33 heavy (non-hydrogen) atoms. The summed E-state index contributed by atoms with van der Waals surface area (Å²) in [5.74, 6) is 0. The Hall–Kier alpha value is -3.94. The summed E-state index contributed by atoms with van der Waals surface area (Å²) in [5, 5.41) is 8.78. The Bertz CT molecular complexity index is 1570. The smallest absolute Gasteiger partial charge is 0.333 e. The summed E-state index contributed by atoms with van der Waals surface area (Å²) in [6.07, 6.45) is 6.42. The van der Waals surface area contributed by atoms with E-state index in [-0.39, 0.29) is 5.69 Å². The summed E-state index contributed by atoms with van der Waals surface area (Å²) < 4.78 is 5.11. The standard InChI is InChI=1S/C25H27N7O/c1-6-19-21(26-7-2)11-17(12-27-19)16-8-9-20-18(10-16)24-22(13-28-20)31(5)25(33)32(24)23-14-30(4)29-15(23)3/h8-14,26H,6-7H2,1-5H3. The molecule has 0 aliphatic carbocycles. The van der Waals surface area contributed by atoms with E-state index < -0.39 is 0 Å². The Kier molecular flexibility index (Phi) is 5.00. The second kappa shape index (κ2) is 7.88. The third kappa shape index (κ3) is 3.29. The third-order valence-corrected chi connectivity index (χ3v) is 6.12. The number of aromatic nitrogens is 6. The number of fused-ring (bicyclic) bond motifs is 3. The lowest BCUT2D eigenvalue weighted by molar-refractivity contribution is 0.756. The summed E-state index contributed by atoms with van der Waals surface area (Å²) >= 11 is 0. The van der Waals surface area contributed by atoms with Gasteiger partial charge in [-0.05, 0) is 44.0 Å². The Morgan fingerprint density at radius 2 is 1.85 bits per heavy atom. The maximum absolute atomic E-state index is 13.3. The van der Waals surface area contributed by atoms with Crippen molar-refractivity contribution in [3.05, 3.63) is 64.7 Å². The first-order valence-electron chi connectivity index (χ1n) is 11.2. The number of nitrogens with zero attached hydrogens (tertiary/aromatic N) is 6. The number of aryl methyl sites for hydroxylation is 4. The van der Waals surface area contributed by atoms with Gasteiger partial charge in [-0.1, -0.05) is 13.0 Å². The molecule has 0 amide bonds. The van der Waals surface area contributed by atoms with Gasteiger partial charge in [0.15, 0.2) is 0 Å². The summed E-state index contributed by atoms with van der Waals surface area (Å²) in [5.41, 5.74) is 8.03. The van der Waals surface area contributed by atoms with E-state index in [1.165, 1.54) is 0 Å².